The van der Waals surface area contributed by atoms with Gasteiger partial charge in [0.25, 0.3) is 0 Å². The van der Waals surface area contributed by atoms with E-state index in [4.69, 9.17) is 5.11 Å². The van der Waals surface area contributed by atoms with Crippen molar-refractivity contribution in [3.05, 3.63) is 28.2 Å². The zero-order valence-corrected chi connectivity index (χ0v) is 12.6. The lowest BCUT2D eigenvalue weighted by atomic mass is 10.1. The van der Waals surface area contributed by atoms with Crippen molar-refractivity contribution in [2.24, 2.45) is 0 Å². The molecule has 1 unspecified atom stereocenters. The summed E-state index contributed by atoms with van der Waals surface area (Å²) in [5.74, 6) is -0.744. The summed E-state index contributed by atoms with van der Waals surface area (Å²) in [5.41, 5.74) is 2.41. The third kappa shape index (κ3) is 3.94. The second-order valence-corrected chi connectivity index (χ2v) is 5.89. The van der Waals surface area contributed by atoms with Crippen LogP contribution in [0.15, 0.2) is 22.7 Å². The topological polar surface area (TPSA) is 52.6 Å². The van der Waals surface area contributed by atoms with Crippen LogP contribution in [0.3, 0.4) is 0 Å². The van der Waals surface area contributed by atoms with Gasteiger partial charge in [0.05, 0.1) is 6.42 Å². The van der Waals surface area contributed by atoms with Crippen molar-refractivity contribution >= 4 is 27.6 Å². The van der Waals surface area contributed by atoms with E-state index in [1.807, 2.05) is 6.07 Å². The summed E-state index contributed by atoms with van der Waals surface area (Å²) in [7, 11) is 0. The van der Waals surface area contributed by atoms with E-state index in [2.05, 4.69) is 45.2 Å². The van der Waals surface area contributed by atoms with Crippen LogP contribution in [0.2, 0.25) is 0 Å². The van der Waals surface area contributed by atoms with Gasteiger partial charge in [-0.05, 0) is 43.7 Å². The summed E-state index contributed by atoms with van der Waals surface area (Å²) in [6.07, 6.45) is 1.21. The molecular weight excluding hydrogens is 308 g/mol. The number of anilines is 1. The van der Waals surface area contributed by atoms with Gasteiger partial charge in [-0.3, -0.25) is 4.79 Å². The van der Waals surface area contributed by atoms with E-state index in [9.17, 15) is 4.79 Å². The van der Waals surface area contributed by atoms with Crippen LogP contribution in [-0.2, 0) is 4.79 Å². The third-order valence-electron chi connectivity index (χ3n) is 3.40. The normalized spacial score (nSPS) is 20.1. The van der Waals surface area contributed by atoms with Crippen molar-refractivity contribution in [3.8, 4) is 0 Å². The maximum atomic E-state index is 10.9. The lowest BCUT2D eigenvalue weighted by Gasteiger charge is -2.27. The van der Waals surface area contributed by atoms with Crippen molar-refractivity contribution < 1.29 is 9.90 Å². The Hall–Kier alpha value is -1.07. The minimum absolute atomic E-state index is 0.0167. The molecule has 0 bridgehead atoms. The van der Waals surface area contributed by atoms with Crippen molar-refractivity contribution in [1.29, 1.82) is 0 Å². The Balaban J connectivity index is 2.15. The molecule has 0 spiro atoms. The predicted octanol–water partition coefficient (Wildman–Crippen LogP) is 2.40. The SMILES string of the molecule is Cc1cc(Br)ccc1N1CCCNC(CC(=O)O)C1. The molecular formula is C14H19BrN2O2. The van der Waals surface area contributed by atoms with E-state index in [1.165, 1.54) is 11.3 Å². The van der Waals surface area contributed by atoms with Gasteiger partial charge in [0, 0.05) is 29.3 Å². The quantitative estimate of drug-likeness (QED) is 0.895. The number of carboxylic acids is 1. The van der Waals surface area contributed by atoms with E-state index in [0.29, 0.717) is 0 Å². The molecule has 1 atom stereocenters. The van der Waals surface area contributed by atoms with Gasteiger partial charge >= 0.3 is 5.97 Å². The number of benzene rings is 1. The number of carboxylic acid groups (broad SMARTS) is 1. The number of hydrogen-bond donors (Lipinski definition) is 2. The molecule has 0 amide bonds. The molecule has 1 aromatic carbocycles. The second-order valence-electron chi connectivity index (χ2n) is 4.98. The fraction of sp³-hybridized carbons (Fsp3) is 0.500. The van der Waals surface area contributed by atoms with Crippen LogP contribution in [0.4, 0.5) is 5.69 Å². The highest BCUT2D eigenvalue weighted by Crippen LogP contribution is 2.25. The molecule has 5 heteroatoms. The van der Waals surface area contributed by atoms with Gasteiger partial charge in [-0.2, -0.15) is 0 Å². The average molecular weight is 327 g/mol. The van der Waals surface area contributed by atoms with Crippen molar-refractivity contribution in [3.63, 3.8) is 0 Å². The lowest BCUT2D eigenvalue weighted by Crippen LogP contribution is -2.39. The fourth-order valence-electron chi connectivity index (χ4n) is 2.54. The molecule has 0 saturated carbocycles. The number of aryl methyl sites for hydroxylation is 1. The highest BCUT2D eigenvalue weighted by atomic mass is 79.9. The molecule has 104 valence electrons. The van der Waals surface area contributed by atoms with Crippen molar-refractivity contribution in [1.82, 2.24) is 5.32 Å². The fourth-order valence-corrected chi connectivity index (χ4v) is 3.01. The lowest BCUT2D eigenvalue weighted by molar-refractivity contribution is -0.137. The number of carbonyl (C=O) groups is 1. The van der Waals surface area contributed by atoms with Crippen LogP contribution in [0.1, 0.15) is 18.4 Å². The summed E-state index contributed by atoms with van der Waals surface area (Å²) in [5, 5.41) is 12.3. The van der Waals surface area contributed by atoms with Crippen molar-refractivity contribution in [2.75, 3.05) is 24.5 Å². The highest BCUT2D eigenvalue weighted by Gasteiger charge is 2.21. The molecule has 2 N–H and O–H groups in total. The Morgan fingerprint density at radius 1 is 1.58 bits per heavy atom. The third-order valence-corrected chi connectivity index (χ3v) is 3.89. The molecule has 1 aliphatic heterocycles. The summed E-state index contributed by atoms with van der Waals surface area (Å²) < 4.78 is 1.07. The summed E-state index contributed by atoms with van der Waals surface area (Å²) >= 11 is 3.47. The molecule has 1 saturated heterocycles. The maximum Gasteiger partial charge on any atom is 0.304 e. The summed E-state index contributed by atoms with van der Waals surface area (Å²) in [4.78, 5) is 13.2. The minimum Gasteiger partial charge on any atom is -0.481 e. The Kier molecular flexibility index (Phi) is 4.82. The highest BCUT2D eigenvalue weighted by molar-refractivity contribution is 9.10. The Labute approximate surface area is 121 Å². The smallest absolute Gasteiger partial charge is 0.304 e. The Bertz CT molecular complexity index is 465. The molecule has 2 rings (SSSR count). The van der Waals surface area contributed by atoms with Crippen LogP contribution in [0.25, 0.3) is 0 Å². The maximum absolute atomic E-state index is 10.9. The number of hydrogen-bond acceptors (Lipinski definition) is 3. The summed E-state index contributed by atoms with van der Waals surface area (Å²) in [6, 6.07) is 6.25. The standard InChI is InChI=1S/C14H19BrN2O2/c1-10-7-11(15)3-4-13(10)17-6-2-5-16-12(9-17)8-14(18)19/h3-4,7,12,16H,2,5-6,8-9H2,1H3,(H,18,19). The first-order chi connectivity index (χ1) is 9.06. The molecule has 1 heterocycles. The van der Waals surface area contributed by atoms with E-state index in [0.717, 1.165) is 30.5 Å². The number of aliphatic carboxylic acids is 1. The van der Waals surface area contributed by atoms with Gasteiger partial charge in [0.1, 0.15) is 0 Å². The number of nitrogens with one attached hydrogen (secondary N) is 1. The zero-order valence-electron chi connectivity index (χ0n) is 11.0. The average Bonchev–Trinajstić information content (AvgIpc) is 2.53. The van der Waals surface area contributed by atoms with E-state index in [-0.39, 0.29) is 12.5 Å². The van der Waals surface area contributed by atoms with Crippen LogP contribution < -0.4 is 10.2 Å². The van der Waals surface area contributed by atoms with Crippen LogP contribution in [0, 0.1) is 6.92 Å². The molecule has 1 fully saturated rings. The van der Waals surface area contributed by atoms with Crippen molar-refractivity contribution in [2.45, 2.75) is 25.8 Å². The molecule has 1 aliphatic rings. The van der Waals surface area contributed by atoms with E-state index >= 15 is 0 Å². The number of nitrogens with zero attached hydrogens (tertiary/aromatic N) is 1. The predicted molar refractivity (Wildman–Crippen MR) is 79.8 cm³/mol. The van der Waals surface area contributed by atoms with Crippen LogP contribution in [-0.4, -0.2) is 36.8 Å². The minimum atomic E-state index is -0.744. The monoisotopic (exact) mass is 326 g/mol. The molecule has 0 aromatic heterocycles. The molecule has 19 heavy (non-hydrogen) atoms. The van der Waals surface area contributed by atoms with Gasteiger partial charge in [-0.25, -0.2) is 0 Å². The molecule has 4 nitrogen and oxygen atoms in total. The van der Waals surface area contributed by atoms with Gasteiger partial charge in [0.15, 0.2) is 0 Å². The van der Waals surface area contributed by atoms with Gasteiger partial charge in [-0.1, -0.05) is 15.9 Å². The van der Waals surface area contributed by atoms with Gasteiger partial charge < -0.3 is 15.3 Å². The number of halogens is 1. The second kappa shape index (κ2) is 6.39. The van der Waals surface area contributed by atoms with Crippen LogP contribution in [0.5, 0.6) is 0 Å². The number of rotatable bonds is 3. The Morgan fingerprint density at radius 2 is 2.37 bits per heavy atom. The Morgan fingerprint density at radius 3 is 3.05 bits per heavy atom. The van der Waals surface area contributed by atoms with Gasteiger partial charge in [-0.15, -0.1) is 0 Å². The zero-order chi connectivity index (χ0) is 13.8. The molecule has 0 aliphatic carbocycles. The van der Waals surface area contributed by atoms with Crippen LogP contribution >= 0.6 is 15.9 Å². The molecule has 1 aromatic rings. The largest absolute Gasteiger partial charge is 0.481 e. The first-order valence-electron chi connectivity index (χ1n) is 6.52. The van der Waals surface area contributed by atoms with E-state index in [1.54, 1.807) is 0 Å². The molecule has 0 radical (unpaired) electrons. The summed E-state index contributed by atoms with van der Waals surface area (Å²) in [6.45, 7) is 4.68. The van der Waals surface area contributed by atoms with E-state index < -0.39 is 5.97 Å². The van der Waals surface area contributed by atoms with Gasteiger partial charge in [0.2, 0.25) is 0 Å². The first-order valence-corrected chi connectivity index (χ1v) is 7.32. The first kappa shape index (κ1) is 14.3.